The summed E-state index contributed by atoms with van der Waals surface area (Å²) in [6.45, 7) is 3.19. The second kappa shape index (κ2) is 5.11. The molecule has 1 aliphatic rings. The molecule has 0 amide bonds. The first-order chi connectivity index (χ1) is 10.3. The summed E-state index contributed by atoms with van der Waals surface area (Å²) in [6.07, 6.45) is 4.12. The Morgan fingerprint density at radius 3 is 2.90 bits per heavy atom. The van der Waals surface area contributed by atoms with Gasteiger partial charge in [0, 0.05) is 6.54 Å². The van der Waals surface area contributed by atoms with Crippen LogP contribution in [0.15, 0.2) is 42.0 Å². The lowest BCUT2D eigenvalue weighted by molar-refractivity contribution is 0.713. The van der Waals surface area contributed by atoms with E-state index in [9.17, 15) is 0 Å². The third-order valence-corrected chi connectivity index (χ3v) is 5.30. The average Bonchev–Trinajstić information content (AvgIpc) is 3.15. The molecular weight excluding hydrogens is 278 g/mol. The minimum absolute atomic E-state index is 0.437. The zero-order valence-electron chi connectivity index (χ0n) is 12.0. The average molecular weight is 295 g/mol. The van der Waals surface area contributed by atoms with Crippen molar-refractivity contribution in [3.8, 4) is 0 Å². The largest absolute Gasteiger partial charge is 0.348 e. The van der Waals surface area contributed by atoms with Gasteiger partial charge in [-0.2, -0.15) is 0 Å². The highest BCUT2D eigenvalue weighted by Crippen LogP contribution is 2.39. The number of aryl methyl sites for hydroxylation is 1. The number of anilines is 1. The summed E-state index contributed by atoms with van der Waals surface area (Å²) in [7, 11) is 0. The first-order valence-electron chi connectivity index (χ1n) is 7.35. The molecule has 1 atom stereocenters. The maximum Gasteiger partial charge on any atom is 0.150 e. The summed E-state index contributed by atoms with van der Waals surface area (Å²) in [4.78, 5) is 11.5. The molecule has 21 heavy (non-hydrogen) atoms. The molecule has 3 heterocycles. The zero-order valence-corrected chi connectivity index (χ0v) is 12.8. The van der Waals surface area contributed by atoms with Crippen LogP contribution in [0.3, 0.4) is 0 Å². The quantitative estimate of drug-likeness (QED) is 0.704. The number of hydrogen-bond donors (Lipinski definition) is 0. The zero-order chi connectivity index (χ0) is 14.2. The number of nitrogens with zero attached hydrogens (tertiary/aromatic N) is 3. The van der Waals surface area contributed by atoms with E-state index in [1.165, 1.54) is 28.7 Å². The van der Waals surface area contributed by atoms with E-state index in [-0.39, 0.29) is 0 Å². The van der Waals surface area contributed by atoms with Gasteiger partial charge in [0.15, 0.2) is 5.82 Å². The summed E-state index contributed by atoms with van der Waals surface area (Å²) in [6, 6.07) is 11.2. The molecule has 0 saturated carbocycles. The molecule has 0 N–H and O–H groups in total. The van der Waals surface area contributed by atoms with Gasteiger partial charge in [0.05, 0.1) is 16.3 Å². The lowest BCUT2D eigenvalue weighted by Crippen LogP contribution is -2.23. The van der Waals surface area contributed by atoms with E-state index in [0.29, 0.717) is 6.04 Å². The van der Waals surface area contributed by atoms with E-state index in [4.69, 9.17) is 0 Å². The van der Waals surface area contributed by atoms with Crippen molar-refractivity contribution in [3.05, 3.63) is 53.2 Å². The number of thiophene rings is 1. The molecule has 1 unspecified atom stereocenters. The van der Waals surface area contributed by atoms with Crippen molar-refractivity contribution in [2.75, 3.05) is 11.4 Å². The third-order valence-electron chi connectivity index (χ3n) is 4.22. The van der Waals surface area contributed by atoms with Crippen LogP contribution in [0, 0.1) is 6.92 Å². The standard InChI is InChI=1S/C17H17N3S/c1-12-10-21-16-15(12)18-11-19-17(16)20-9-5-8-14(20)13-6-3-2-4-7-13/h2-4,6-7,10-11,14H,5,8-9H2,1H3. The first kappa shape index (κ1) is 12.8. The second-order valence-corrected chi connectivity index (χ2v) is 6.44. The predicted molar refractivity (Wildman–Crippen MR) is 87.9 cm³/mol. The summed E-state index contributed by atoms with van der Waals surface area (Å²) < 4.78 is 1.22. The molecule has 1 aromatic carbocycles. The first-order valence-corrected chi connectivity index (χ1v) is 8.23. The molecule has 0 spiro atoms. The van der Waals surface area contributed by atoms with Crippen LogP contribution in [0.4, 0.5) is 5.82 Å². The van der Waals surface area contributed by atoms with Crippen molar-refractivity contribution in [3.63, 3.8) is 0 Å². The maximum atomic E-state index is 4.60. The van der Waals surface area contributed by atoms with Gasteiger partial charge in [-0.15, -0.1) is 11.3 Å². The van der Waals surface area contributed by atoms with Gasteiger partial charge in [0.2, 0.25) is 0 Å². The van der Waals surface area contributed by atoms with Crippen LogP contribution in [-0.4, -0.2) is 16.5 Å². The van der Waals surface area contributed by atoms with Crippen LogP contribution in [0.25, 0.3) is 10.2 Å². The Labute approximate surface area is 128 Å². The fourth-order valence-electron chi connectivity index (χ4n) is 3.20. The van der Waals surface area contributed by atoms with Gasteiger partial charge in [-0.3, -0.25) is 0 Å². The van der Waals surface area contributed by atoms with Crippen molar-refractivity contribution in [2.45, 2.75) is 25.8 Å². The van der Waals surface area contributed by atoms with Gasteiger partial charge in [-0.05, 0) is 36.3 Å². The summed E-state index contributed by atoms with van der Waals surface area (Å²) >= 11 is 1.76. The minimum atomic E-state index is 0.437. The summed E-state index contributed by atoms with van der Waals surface area (Å²) in [5.41, 5.74) is 3.73. The number of benzene rings is 1. The van der Waals surface area contributed by atoms with Crippen molar-refractivity contribution < 1.29 is 0 Å². The van der Waals surface area contributed by atoms with Gasteiger partial charge >= 0.3 is 0 Å². The number of hydrogen-bond acceptors (Lipinski definition) is 4. The molecule has 2 aromatic heterocycles. The smallest absolute Gasteiger partial charge is 0.150 e. The Morgan fingerprint density at radius 1 is 1.19 bits per heavy atom. The highest BCUT2D eigenvalue weighted by molar-refractivity contribution is 7.18. The van der Waals surface area contributed by atoms with Gasteiger partial charge in [-0.1, -0.05) is 30.3 Å². The van der Waals surface area contributed by atoms with E-state index in [2.05, 4.69) is 57.5 Å². The lowest BCUT2D eigenvalue weighted by Gasteiger charge is -2.26. The summed E-state index contributed by atoms with van der Waals surface area (Å²) in [5, 5.41) is 2.18. The lowest BCUT2D eigenvalue weighted by atomic mass is 10.0. The highest BCUT2D eigenvalue weighted by atomic mass is 32.1. The Morgan fingerprint density at radius 2 is 2.05 bits per heavy atom. The van der Waals surface area contributed by atoms with E-state index in [1.807, 2.05) is 0 Å². The molecule has 0 radical (unpaired) electrons. The third kappa shape index (κ3) is 2.10. The number of rotatable bonds is 2. The Bertz CT molecular complexity index is 766. The molecule has 3 aromatic rings. The summed E-state index contributed by atoms with van der Waals surface area (Å²) in [5.74, 6) is 1.10. The van der Waals surface area contributed by atoms with Crippen LogP contribution in [0.1, 0.15) is 30.0 Å². The highest BCUT2D eigenvalue weighted by Gasteiger charge is 2.28. The minimum Gasteiger partial charge on any atom is -0.348 e. The maximum absolute atomic E-state index is 4.60. The molecule has 1 aliphatic heterocycles. The van der Waals surface area contributed by atoms with E-state index >= 15 is 0 Å². The van der Waals surface area contributed by atoms with Gasteiger partial charge in [0.1, 0.15) is 6.33 Å². The molecule has 0 bridgehead atoms. The second-order valence-electron chi connectivity index (χ2n) is 5.56. The SMILES string of the molecule is Cc1csc2c(N3CCCC3c3ccccc3)ncnc12. The fraction of sp³-hybridized carbons (Fsp3) is 0.294. The van der Waals surface area contributed by atoms with E-state index in [1.54, 1.807) is 17.7 Å². The van der Waals surface area contributed by atoms with E-state index < -0.39 is 0 Å². The van der Waals surface area contributed by atoms with Crippen LogP contribution in [-0.2, 0) is 0 Å². The van der Waals surface area contributed by atoms with E-state index in [0.717, 1.165) is 17.9 Å². The Kier molecular flexibility index (Phi) is 3.11. The van der Waals surface area contributed by atoms with Crippen LogP contribution < -0.4 is 4.90 Å². The number of fused-ring (bicyclic) bond motifs is 1. The molecule has 4 rings (SSSR count). The molecule has 1 saturated heterocycles. The molecule has 1 fully saturated rings. The molecule has 3 nitrogen and oxygen atoms in total. The van der Waals surface area contributed by atoms with Crippen LogP contribution in [0.2, 0.25) is 0 Å². The van der Waals surface area contributed by atoms with Crippen molar-refractivity contribution in [1.82, 2.24) is 9.97 Å². The van der Waals surface area contributed by atoms with Crippen LogP contribution in [0.5, 0.6) is 0 Å². The monoisotopic (exact) mass is 295 g/mol. The molecule has 0 aliphatic carbocycles. The molecule has 4 heteroatoms. The van der Waals surface area contributed by atoms with Crippen molar-refractivity contribution >= 4 is 27.4 Å². The van der Waals surface area contributed by atoms with Gasteiger partial charge in [0.25, 0.3) is 0 Å². The molecule has 106 valence electrons. The fourth-order valence-corrected chi connectivity index (χ4v) is 4.21. The van der Waals surface area contributed by atoms with Gasteiger partial charge in [-0.25, -0.2) is 9.97 Å². The normalized spacial score (nSPS) is 18.5. The Hall–Kier alpha value is -1.94. The van der Waals surface area contributed by atoms with Crippen molar-refractivity contribution in [2.24, 2.45) is 0 Å². The van der Waals surface area contributed by atoms with Crippen LogP contribution >= 0.6 is 11.3 Å². The van der Waals surface area contributed by atoms with Gasteiger partial charge < -0.3 is 4.90 Å². The topological polar surface area (TPSA) is 29.0 Å². The number of aromatic nitrogens is 2. The van der Waals surface area contributed by atoms with Crippen molar-refractivity contribution in [1.29, 1.82) is 0 Å². The Balaban J connectivity index is 1.80. The molecular formula is C17H17N3S. The predicted octanol–water partition coefficient (Wildman–Crippen LogP) is 4.34.